The number of phenolic OH excluding ortho intramolecular Hbond substituents is 1. The van der Waals surface area contributed by atoms with Gasteiger partial charge in [0, 0.05) is 6.04 Å². The third-order valence-electron chi connectivity index (χ3n) is 2.37. The highest BCUT2D eigenvalue weighted by atomic mass is 19.4. The van der Waals surface area contributed by atoms with Crippen LogP contribution in [0.25, 0.3) is 0 Å². The fraction of sp³-hybridized carbons (Fsp3) is 0.417. The molecule has 0 aliphatic carbocycles. The van der Waals surface area contributed by atoms with Crippen molar-refractivity contribution in [2.75, 3.05) is 6.54 Å². The number of hydrogen-bond donors (Lipinski definition) is 1. The number of phenols is 1. The number of halogens is 3. The van der Waals surface area contributed by atoms with Crippen LogP contribution in [0.5, 0.6) is 5.75 Å². The minimum atomic E-state index is -4.47. The maximum Gasteiger partial charge on any atom is 0.406 e. The maximum atomic E-state index is 12.4. The zero-order chi connectivity index (χ0) is 13.9. The van der Waals surface area contributed by atoms with Gasteiger partial charge in [-0.15, -0.1) is 0 Å². The highest BCUT2D eigenvalue weighted by Gasteiger charge is 2.35. The maximum absolute atomic E-state index is 12.4. The lowest BCUT2D eigenvalue weighted by molar-refractivity contribution is -0.143. The Morgan fingerprint density at radius 2 is 1.89 bits per heavy atom. The molecule has 0 saturated heterocycles. The van der Waals surface area contributed by atoms with Crippen LogP contribution in [0.4, 0.5) is 13.2 Å². The topological polar surface area (TPSA) is 40.5 Å². The molecule has 1 rings (SSSR count). The predicted molar refractivity (Wildman–Crippen MR) is 60.3 cm³/mol. The molecule has 6 heteroatoms. The van der Waals surface area contributed by atoms with E-state index >= 15 is 0 Å². The summed E-state index contributed by atoms with van der Waals surface area (Å²) < 4.78 is 37.2. The fourth-order valence-corrected chi connectivity index (χ4v) is 1.49. The molecule has 0 aliphatic rings. The zero-order valence-corrected chi connectivity index (χ0v) is 10.0. The van der Waals surface area contributed by atoms with Gasteiger partial charge in [0.1, 0.15) is 12.3 Å². The first kappa shape index (κ1) is 14.3. The molecule has 0 aromatic heterocycles. The van der Waals surface area contributed by atoms with Gasteiger partial charge in [-0.1, -0.05) is 12.1 Å². The lowest BCUT2D eigenvalue weighted by Gasteiger charge is -2.28. The molecule has 1 amide bonds. The van der Waals surface area contributed by atoms with Crippen LogP contribution in [0.3, 0.4) is 0 Å². The van der Waals surface area contributed by atoms with Crippen molar-refractivity contribution in [2.24, 2.45) is 0 Å². The lowest BCUT2D eigenvalue weighted by atomic mass is 10.1. The molecule has 0 heterocycles. The van der Waals surface area contributed by atoms with E-state index in [4.69, 9.17) is 0 Å². The van der Waals surface area contributed by atoms with Crippen LogP contribution in [0.15, 0.2) is 24.3 Å². The lowest BCUT2D eigenvalue weighted by Crippen LogP contribution is -2.43. The van der Waals surface area contributed by atoms with E-state index in [2.05, 4.69) is 0 Å². The van der Waals surface area contributed by atoms with Crippen molar-refractivity contribution in [2.45, 2.75) is 26.1 Å². The molecular formula is C12H14F3NO2. The number of nitrogens with zero attached hydrogens (tertiary/aromatic N) is 1. The Morgan fingerprint density at radius 1 is 1.33 bits per heavy atom. The molecule has 0 fully saturated rings. The van der Waals surface area contributed by atoms with Gasteiger partial charge in [0.15, 0.2) is 0 Å². The Kier molecular flexibility index (Phi) is 4.21. The summed E-state index contributed by atoms with van der Waals surface area (Å²) >= 11 is 0. The second-order valence-electron chi connectivity index (χ2n) is 4.16. The number of alkyl halides is 3. The largest absolute Gasteiger partial charge is 0.507 e. The highest BCUT2D eigenvalue weighted by Crippen LogP contribution is 2.23. The Labute approximate surface area is 103 Å². The van der Waals surface area contributed by atoms with Crippen molar-refractivity contribution in [3.63, 3.8) is 0 Å². The number of aromatic hydroxyl groups is 1. The third kappa shape index (κ3) is 3.65. The number of amides is 1. The van der Waals surface area contributed by atoms with Crippen molar-refractivity contribution in [3.05, 3.63) is 29.8 Å². The molecule has 1 aromatic carbocycles. The molecule has 1 aromatic rings. The number of benzene rings is 1. The van der Waals surface area contributed by atoms with E-state index in [9.17, 15) is 23.1 Å². The van der Waals surface area contributed by atoms with Crippen molar-refractivity contribution >= 4 is 5.91 Å². The monoisotopic (exact) mass is 261 g/mol. The number of carbonyl (C=O) groups excluding carboxylic acids is 1. The Hall–Kier alpha value is -1.72. The number of rotatable bonds is 3. The normalized spacial score (nSPS) is 11.7. The summed E-state index contributed by atoms with van der Waals surface area (Å²) in [6.07, 6.45) is -4.47. The van der Waals surface area contributed by atoms with Crippen LogP contribution < -0.4 is 0 Å². The molecular weight excluding hydrogens is 247 g/mol. The quantitative estimate of drug-likeness (QED) is 0.908. The smallest absolute Gasteiger partial charge is 0.406 e. The van der Waals surface area contributed by atoms with E-state index in [-0.39, 0.29) is 11.3 Å². The molecule has 0 atom stereocenters. The van der Waals surface area contributed by atoms with Crippen molar-refractivity contribution < 1.29 is 23.1 Å². The zero-order valence-electron chi connectivity index (χ0n) is 10.0. The summed E-state index contributed by atoms with van der Waals surface area (Å²) in [5, 5.41) is 9.48. The summed E-state index contributed by atoms with van der Waals surface area (Å²) in [4.78, 5) is 12.6. The van der Waals surface area contributed by atoms with Gasteiger partial charge in [0.2, 0.25) is 0 Å². The van der Waals surface area contributed by atoms with Gasteiger partial charge in [-0.25, -0.2) is 0 Å². The molecule has 0 aliphatic heterocycles. The molecule has 18 heavy (non-hydrogen) atoms. The molecule has 0 radical (unpaired) electrons. The average Bonchev–Trinajstić information content (AvgIpc) is 2.24. The van der Waals surface area contributed by atoms with Gasteiger partial charge in [-0.3, -0.25) is 4.79 Å². The van der Waals surface area contributed by atoms with Crippen LogP contribution in [-0.4, -0.2) is 34.7 Å². The Bertz CT molecular complexity index is 430. The van der Waals surface area contributed by atoms with Crippen LogP contribution >= 0.6 is 0 Å². The molecule has 0 bridgehead atoms. The van der Waals surface area contributed by atoms with Crippen molar-refractivity contribution in [1.29, 1.82) is 0 Å². The second kappa shape index (κ2) is 5.29. The summed E-state index contributed by atoms with van der Waals surface area (Å²) in [7, 11) is 0. The highest BCUT2D eigenvalue weighted by molar-refractivity contribution is 5.97. The fourth-order valence-electron chi connectivity index (χ4n) is 1.49. The second-order valence-corrected chi connectivity index (χ2v) is 4.16. The van der Waals surface area contributed by atoms with Gasteiger partial charge in [-0.05, 0) is 26.0 Å². The molecule has 0 saturated carbocycles. The molecule has 3 nitrogen and oxygen atoms in total. The number of hydrogen-bond acceptors (Lipinski definition) is 2. The van der Waals surface area contributed by atoms with E-state index in [1.54, 1.807) is 0 Å². The molecule has 0 spiro atoms. The molecule has 100 valence electrons. The average molecular weight is 261 g/mol. The third-order valence-corrected chi connectivity index (χ3v) is 2.37. The number of para-hydroxylation sites is 1. The summed E-state index contributed by atoms with van der Waals surface area (Å²) in [6, 6.07) is 4.93. The Balaban J connectivity index is 3.01. The predicted octanol–water partition coefficient (Wildman–Crippen LogP) is 2.81. The Morgan fingerprint density at radius 3 is 2.33 bits per heavy atom. The van der Waals surface area contributed by atoms with Crippen LogP contribution in [-0.2, 0) is 0 Å². The first-order valence-corrected chi connectivity index (χ1v) is 5.38. The summed E-state index contributed by atoms with van der Waals surface area (Å²) in [5.74, 6) is -1.16. The number of carbonyl (C=O) groups is 1. The standard InChI is InChI=1S/C12H14F3NO2/c1-8(2)16(7-12(13,14)15)11(18)9-5-3-4-6-10(9)17/h3-6,8,17H,7H2,1-2H3. The first-order chi connectivity index (χ1) is 8.22. The van der Waals surface area contributed by atoms with E-state index in [0.29, 0.717) is 4.90 Å². The van der Waals surface area contributed by atoms with Crippen LogP contribution in [0.1, 0.15) is 24.2 Å². The molecule has 0 unspecified atom stereocenters. The van der Waals surface area contributed by atoms with Crippen LogP contribution in [0.2, 0.25) is 0 Å². The van der Waals surface area contributed by atoms with E-state index in [1.807, 2.05) is 0 Å². The van der Waals surface area contributed by atoms with E-state index in [1.165, 1.54) is 38.1 Å². The van der Waals surface area contributed by atoms with Gasteiger partial charge >= 0.3 is 6.18 Å². The van der Waals surface area contributed by atoms with Gasteiger partial charge < -0.3 is 10.0 Å². The molecule has 1 N–H and O–H groups in total. The SMILES string of the molecule is CC(C)N(CC(F)(F)F)C(=O)c1ccccc1O. The van der Waals surface area contributed by atoms with Gasteiger partial charge in [0.25, 0.3) is 5.91 Å². The first-order valence-electron chi connectivity index (χ1n) is 5.38. The van der Waals surface area contributed by atoms with Crippen LogP contribution in [0, 0.1) is 0 Å². The van der Waals surface area contributed by atoms with E-state index in [0.717, 1.165) is 0 Å². The summed E-state index contributed by atoms with van der Waals surface area (Å²) in [6.45, 7) is 1.64. The van der Waals surface area contributed by atoms with Crippen molar-refractivity contribution in [1.82, 2.24) is 4.90 Å². The minimum Gasteiger partial charge on any atom is -0.507 e. The van der Waals surface area contributed by atoms with E-state index < -0.39 is 24.7 Å². The minimum absolute atomic E-state index is 0.129. The van der Waals surface area contributed by atoms with Gasteiger partial charge in [0.05, 0.1) is 5.56 Å². The summed E-state index contributed by atoms with van der Waals surface area (Å²) in [5.41, 5.74) is -0.129. The van der Waals surface area contributed by atoms with Gasteiger partial charge in [-0.2, -0.15) is 13.2 Å². The van der Waals surface area contributed by atoms with Crippen molar-refractivity contribution in [3.8, 4) is 5.75 Å².